The minimum absolute atomic E-state index is 0.0532. The Kier molecular flexibility index (Phi) is 3.00. The zero-order valence-corrected chi connectivity index (χ0v) is 7.51. The Morgan fingerprint density at radius 2 is 1.86 bits per heavy atom. The van der Waals surface area contributed by atoms with Gasteiger partial charge in [0.1, 0.15) is 11.8 Å². The maximum absolute atomic E-state index is 12.3. The first kappa shape index (κ1) is 10.8. The molecule has 14 heavy (non-hydrogen) atoms. The summed E-state index contributed by atoms with van der Waals surface area (Å²) in [6.07, 6.45) is -4.45. The number of rotatable bonds is 2. The quantitative estimate of drug-likeness (QED) is 0.803. The first-order valence-corrected chi connectivity index (χ1v) is 3.92. The number of hydrogen-bond donors (Lipinski definition) is 1. The van der Waals surface area contributed by atoms with Crippen molar-refractivity contribution in [3.63, 3.8) is 0 Å². The number of nitrogens with two attached hydrogens (primary N) is 1. The minimum atomic E-state index is -4.45. The van der Waals surface area contributed by atoms with Crippen molar-refractivity contribution in [1.82, 2.24) is 0 Å². The van der Waals surface area contributed by atoms with Crippen LogP contribution in [-0.2, 0) is 0 Å². The van der Waals surface area contributed by atoms with E-state index in [9.17, 15) is 13.2 Å². The third-order valence-electron chi connectivity index (χ3n) is 1.83. The van der Waals surface area contributed by atoms with E-state index < -0.39 is 12.2 Å². The highest BCUT2D eigenvalue weighted by atomic mass is 19.4. The van der Waals surface area contributed by atoms with Crippen LogP contribution in [0.15, 0.2) is 24.3 Å². The summed E-state index contributed by atoms with van der Waals surface area (Å²) < 4.78 is 41.6. The Morgan fingerprint density at radius 1 is 1.29 bits per heavy atom. The zero-order chi connectivity index (χ0) is 10.8. The topological polar surface area (TPSA) is 35.2 Å². The summed E-state index contributed by atoms with van der Waals surface area (Å²) in [6.45, 7) is 0. The van der Waals surface area contributed by atoms with Gasteiger partial charge in [-0.15, -0.1) is 0 Å². The molecule has 0 unspecified atom stereocenters. The maximum Gasteiger partial charge on any atom is 0.407 e. The van der Waals surface area contributed by atoms with Crippen LogP contribution in [0.1, 0.15) is 11.6 Å². The molecule has 0 heterocycles. The smallest absolute Gasteiger partial charge is 0.407 e. The monoisotopic (exact) mass is 205 g/mol. The number of methoxy groups -OCH3 is 1. The van der Waals surface area contributed by atoms with Gasteiger partial charge in [0.2, 0.25) is 0 Å². The van der Waals surface area contributed by atoms with E-state index in [0.717, 1.165) is 0 Å². The summed E-state index contributed by atoms with van der Waals surface area (Å²) >= 11 is 0. The first-order chi connectivity index (χ1) is 6.46. The van der Waals surface area contributed by atoms with Crippen LogP contribution >= 0.6 is 0 Å². The fourth-order valence-electron chi connectivity index (χ4n) is 1.10. The second-order valence-corrected chi connectivity index (χ2v) is 2.76. The number of alkyl halides is 3. The second-order valence-electron chi connectivity index (χ2n) is 2.76. The Hall–Kier alpha value is -1.23. The molecule has 0 spiro atoms. The number of benzene rings is 1. The molecule has 0 aliphatic rings. The van der Waals surface area contributed by atoms with Crippen molar-refractivity contribution >= 4 is 0 Å². The molecule has 0 aliphatic carbocycles. The molecule has 1 atom stereocenters. The molecule has 0 bridgehead atoms. The van der Waals surface area contributed by atoms with Gasteiger partial charge in [0, 0.05) is 5.56 Å². The van der Waals surface area contributed by atoms with Gasteiger partial charge < -0.3 is 10.5 Å². The average Bonchev–Trinajstić information content (AvgIpc) is 2.15. The number of ether oxygens (including phenoxy) is 1. The minimum Gasteiger partial charge on any atom is -0.496 e. The molecule has 0 aliphatic heterocycles. The fourth-order valence-corrected chi connectivity index (χ4v) is 1.10. The Labute approximate surface area is 79.5 Å². The third-order valence-corrected chi connectivity index (χ3v) is 1.83. The molecule has 0 saturated carbocycles. The molecule has 0 saturated heterocycles. The van der Waals surface area contributed by atoms with E-state index in [1.807, 2.05) is 0 Å². The van der Waals surface area contributed by atoms with Gasteiger partial charge in [-0.2, -0.15) is 13.2 Å². The van der Waals surface area contributed by atoms with Gasteiger partial charge in [0.05, 0.1) is 7.11 Å². The number of hydrogen-bond acceptors (Lipinski definition) is 2. The van der Waals surface area contributed by atoms with Gasteiger partial charge in [-0.05, 0) is 6.07 Å². The van der Waals surface area contributed by atoms with E-state index in [0.29, 0.717) is 0 Å². The van der Waals surface area contributed by atoms with Crippen LogP contribution in [-0.4, -0.2) is 13.3 Å². The third kappa shape index (κ3) is 2.17. The molecule has 2 N–H and O–H groups in total. The van der Waals surface area contributed by atoms with E-state index in [1.54, 1.807) is 6.07 Å². The van der Waals surface area contributed by atoms with Gasteiger partial charge in [-0.25, -0.2) is 0 Å². The van der Waals surface area contributed by atoms with Gasteiger partial charge in [0.15, 0.2) is 0 Å². The Morgan fingerprint density at radius 3 is 2.36 bits per heavy atom. The summed E-state index contributed by atoms with van der Waals surface area (Å²) in [6, 6.07) is 3.82. The van der Waals surface area contributed by atoms with Crippen LogP contribution in [0.2, 0.25) is 0 Å². The molecule has 0 amide bonds. The normalized spacial score (nSPS) is 13.8. The van der Waals surface area contributed by atoms with Crippen LogP contribution in [0.4, 0.5) is 13.2 Å². The molecule has 1 aromatic carbocycles. The predicted octanol–water partition coefficient (Wildman–Crippen LogP) is 2.26. The SMILES string of the molecule is COc1ccccc1[C@H](N)C(F)(F)F. The highest BCUT2D eigenvalue weighted by Crippen LogP contribution is 2.34. The van der Waals surface area contributed by atoms with Gasteiger partial charge in [-0.1, -0.05) is 18.2 Å². The van der Waals surface area contributed by atoms with Crippen molar-refractivity contribution in [3.8, 4) is 5.75 Å². The molecule has 5 heteroatoms. The molecule has 1 rings (SSSR count). The van der Waals surface area contributed by atoms with Gasteiger partial charge in [-0.3, -0.25) is 0 Å². The van der Waals surface area contributed by atoms with Crippen LogP contribution in [0.5, 0.6) is 5.75 Å². The Balaban J connectivity index is 3.06. The average molecular weight is 205 g/mol. The van der Waals surface area contributed by atoms with Crippen molar-refractivity contribution < 1.29 is 17.9 Å². The zero-order valence-electron chi connectivity index (χ0n) is 7.51. The molecular formula is C9H10F3NO. The highest BCUT2D eigenvalue weighted by molar-refractivity contribution is 5.36. The molecule has 0 fully saturated rings. The molecule has 1 aromatic rings. The lowest BCUT2D eigenvalue weighted by Crippen LogP contribution is -2.28. The van der Waals surface area contributed by atoms with Crippen molar-refractivity contribution in [1.29, 1.82) is 0 Å². The van der Waals surface area contributed by atoms with Gasteiger partial charge in [0.25, 0.3) is 0 Å². The van der Waals surface area contributed by atoms with Crippen molar-refractivity contribution in [2.24, 2.45) is 5.73 Å². The summed E-state index contributed by atoms with van der Waals surface area (Å²) in [5, 5.41) is 0. The van der Waals surface area contributed by atoms with Crippen molar-refractivity contribution in [3.05, 3.63) is 29.8 Å². The molecule has 78 valence electrons. The summed E-state index contributed by atoms with van der Waals surface area (Å²) in [5.41, 5.74) is 4.99. The summed E-state index contributed by atoms with van der Waals surface area (Å²) in [4.78, 5) is 0. The standard InChI is InChI=1S/C9H10F3NO/c1-14-7-5-3-2-4-6(7)8(13)9(10,11)12/h2-5,8H,13H2,1H3/t8-/m0/s1. The highest BCUT2D eigenvalue weighted by Gasteiger charge is 2.39. The van der Waals surface area contributed by atoms with E-state index in [4.69, 9.17) is 10.5 Å². The molecule has 2 nitrogen and oxygen atoms in total. The summed E-state index contributed by atoms with van der Waals surface area (Å²) in [7, 11) is 1.31. The first-order valence-electron chi connectivity index (χ1n) is 3.92. The molecule has 0 radical (unpaired) electrons. The molecule has 0 aromatic heterocycles. The van der Waals surface area contributed by atoms with E-state index in [1.165, 1.54) is 25.3 Å². The Bertz CT molecular complexity index is 311. The lowest BCUT2D eigenvalue weighted by atomic mass is 10.1. The number of halogens is 3. The largest absolute Gasteiger partial charge is 0.496 e. The van der Waals surface area contributed by atoms with E-state index in [2.05, 4.69) is 0 Å². The van der Waals surface area contributed by atoms with Gasteiger partial charge >= 0.3 is 6.18 Å². The van der Waals surface area contributed by atoms with Crippen LogP contribution in [0, 0.1) is 0 Å². The second kappa shape index (κ2) is 3.88. The van der Waals surface area contributed by atoms with Crippen LogP contribution < -0.4 is 10.5 Å². The summed E-state index contributed by atoms with van der Waals surface area (Å²) in [5.74, 6) is 0.150. The lowest BCUT2D eigenvalue weighted by Gasteiger charge is -2.18. The van der Waals surface area contributed by atoms with Crippen molar-refractivity contribution in [2.45, 2.75) is 12.2 Å². The lowest BCUT2D eigenvalue weighted by molar-refractivity contribution is -0.149. The van der Waals surface area contributed by atoms with Crippen LogP contribution in [0.25, 0.3) is 0 Å². The van der Waals surface area contributed by atoms with E-state index in [-0.39, 0.29) is 11.3 Å². The number of para-hydroxylation sites is 1. The predicted molar refractivity (Wildman–Crippen MR) is 46.0 cm³/mol. The maximum atomic E-state index is 12.3. The van der Waals surface area contributed by atoms with E-state index >= 15 is 0 Å². The van der Waals surface area contributed by atoms with Crippen molar-refractivity contribution in [2.75, 3.05) is 7.11 Å². The fraction of sp³-hybridized carbons (Fsp3) is 0.333. The van der Waals surface area contributed by atoms with Crippen LogP contribution in [0.3, 0.4) is 0 Å². The molecular weight excluding hydrogens is 195 g/mol.